The molecule has 0 spiro atoms. The first kappa shape index (κ1) is 15.3. The van der Waals surface area contributed by atoms with E-state index in [4.69, 9.17) is 4.74 Å². The number of fused-ring (bicyclic) bond motifs is 1. The van der Waals surface area contributed by atoms with Gasteiger partial charge in [0.1, 0.15) is 5.75 Å². The number of benzene rings is 1. The van der Waals surface area contributed by atoms with E-state index in [0.29, 0.717) is 0 Å². The molecular formula is C18H26N2O2. The average molecular weight is 302 g/mol. The summed E-state index contributed by atoms with van der Waals surface area (Å²) < 4.78 is 5.77. The number of carbonyl (C=O) groups is 1. The zero-order valence-electron chi connectivity index (χ0n) is 13.8. The summed E-state index contributed by atoms with van der Waals surface area (Å²) in [4.78, 5) is 14.3. The van der Waals surface area contributed by atoms with Gasteiger partial charge in [-0.15, -0.1) is 0 Å². The molecule has 2 aliphatic heterocycles. The van der Waals surface area contributed by atoms with Gasteiger partial charge in [-0.3, -0.25) is 4.79 Å². The minimum atomic E-state index is -0.398. The molecule has 1 N–H and O–H groups in total. The third-order valence-corrected chi connectivity index (χ3v) is 4.67. The average Bonchev–Trinajstić information content (AvgIpc) is 2.49. The van der Waals surface area contributed by atoms with Crippen LogP contribution in [0.5, 0.6) is 5.75 Å². The third kappa shape index (κ3) is 2.98. The van der Waals surface area contributed by atoms with Crippen LogP contribution in [-0.4, -0.2) is 31.1 Å². The maximum absolute atomic E-state index is 12.4. The molecule has 1 unspecified atom stereocenters. The predicted octanol–water partition coefficient (Wildman–Crippen LogP) is 2.75. The van der Waals surface area contributed by atoms with Crippen LogP contribution in [0.3, 0.4) is 0 Å². The number of rotatable bonds is 3. The van der Waals surface area contributed by atoms with Crippen LogP contribution in [0.25, 0.3) is 0 Å². The number of carbonyl (C=O) groups excluding carboxylic acids is 1. The van der Waals surface area contributed by atoms with E-state index in [1.165, 1.54) is 18.4 Å². The number of hydrogen-bond acceptors (Lipinski definition) is 3. The number of piperidine rings is 1. The zero-order valence-corrected chi connectivity index (χ0v) is 13.8. The summed E-state index contributed by atoms with van der Waals surface area (Å²) in [6.07, 6.45) is 3.16. The smallest absolute Gasteiger partial charge is 0.268 e. The molecule has 1 fully saturated rings. The third-order valence-electron chi connectivity index (χ3n) is 4.67. The lowest BCUT2D eigenvalue weighted by Gasteiger charge is -2.36. The van der Waals surface area contributed by atoms with Gasteiger partial charge in [0.15, 0.2) is 6.10 Å². The van der Waals surface area contributed by atoms with E-state index in [9.17, 15) is 4.79 Å². The molecule has 1 atom stereocenters. The highest BCUT2D eigenvalue weighted by atomic mass is 16.5. The van der Waals surface area contributed by atoms with Crippen molar-refractivity contribution >= 4 is 11.6 Å². The lowest BCUT2D eigenvalue weighted by atomic mass is 9.90. The Balaban J connectivity index is 1.86. The van der Waals surface area contributed by atoms with Crippen molar-refractivity contribution in [3.63, 3.8) is 0 Å². The zero-order chi connectivity index (χ0) is 15.7. The fourth-order valence-corrected chi connectivity index (χ4v) is 3.49. The van der Waals surface area contributed by atoms with Gasteiger partial charge in [0.05, 0.1) is 5.69 Å². The van der Waals surface area contributed by atoms with Crippen LogP contribution >= 0.6 is 0 Å². The van der Waals surface area contributed by atoms with E-state index in [1.807, 2.05) is 17.9 Å². The summed E-state index contributed by atoms with van der Waals surface area (Å²) in [6.45, 7) is 8.17. The van der Waals surface area contributed by atoms with E-state index >= 15 is 0 Å². The molecule has 4 nitrogen and oxygen atoms in total. The minimum Gasteiger partial charge on any atom is -0.479 e. The van der Waals surface area contributed by atoms with Gasteiger partial charge in [0.2, 0.25) is 0 Å². The van der Waals surface area contributed by atoms with Crippen molar-refractivity contribution in [2.24, 2.45) is 5.92 Å². The molecule has 0 bridgehead atoms. The molecule has 0 saturated carbocycles. The van der Waals surface area contributed by atoms with Gasteiger partial charge < -0.3 is 15.0 Å². The van der Waals surface area contributed by atoms with Crippen molar-refractivity contribution in [2.75, 3.05) is 18.0 Å². The summed E-state index contributed by atoms with van der Waals surface area (Å²) >= 11 is 0. The Labute approximate surface area is 132 Å². The quantitative estimate of drug-likeness (QED) is 0.933. The SMILES string of the molecule is CC1Oc2ccc(CC3CCNCC3)cc2N(C(C)C)C1=O. The fourth-order valence-electron chi connectivity index (χ4n) is 3.49. The molecular weight excluding hydrogens is 276 g/mol. The lowest BCUT2D eigenvalue weighted by Crippen LogP contribution is -2.47. The molecule has 0 aromatic heterocycles. The van der Waals surface area contributed by atoms with Crippen LogP contribution < -0.4 is 15.0 Å². The van der Waals surface area contributed by atoms with Crippen molar-refractivity contribution in [2.45, 2.75) is 52.2 Å². The van der Waals surface area contributed by atoms with Crippen LogP contribution in [0.1, 0.15) is 39.2 Å². The topological polar surface area (TPSA) is 41.6 Å². The molecule has 1 saturated heterocycles. The van der Waals surface area contributed by atoms with Crippen molar-refractivity contribution in [3.05, 3.63) is 23.8 Å². The highest BCUT2D eigenvalue weighted by Crippen LogP contribution is 2.37. The number of nitrogens with zero attached hydrogens (tertiary/aromatic N) is 1. The first-order valence-corrected chi connectivity index (χ1v) is 8.39. The molecule has 3 rings (SSSR count). The first-order valence-electron chi connectivity index (χ1n) is 8.39. The maximum atomic E-state index is 12.4. The Kier molecular flexibility index (Phi) is 4.39. The van der Waals surface area contributed by atoms with Crippen molar-refractivity contribution in [1.82, 2.24) is 5.32 Å². The Bertz CT molecular complexity index is 550. The lowest BCUT2D eigenvalue weighted by molar-refractivity contribution is -0.125. The summed E-state index contributed by atoms with van der Waals surface area (Å²) in [5, 5.41) is 3.41. The molecule has 1 aromatic carbocycles. The summed E-state index contributed by atoms with van der Waals surface area (Å²) in [7, 11) is 0. The maximum Gasteiger partial charge on any atom is 0.268 e. The highest BCUT2D eigenvalue weighted by Gasteiger charge is 2.33. The van der Waals surface area contributed by atoms with Gasteiger partial charge in [0, 0.05) is 6.04 Å². The normalized spacial score (nSPS) is 22.6. The largest absolute Gasteiger partial charge is 0.479 e. The number of nitrogens with one attached hydrogen (secondary N) is 1. The fraction of sp³-hybridized carbons (Fsp3) is 0.611. The van der Waals surface area contributed by atoms with Gasteiger partial charge in [-0.25, -0.2) is 0 Å². The minimum absolute atomic E-state index is 0.0570. The number of anilines is 1. The Morgan fingerprint density at radius 2 is 2.05 bits per heavy atom. The molecule has 1 amide bonds. The number of ether oxygens (including phenoxy) is 1. The van der Waals surface area contributed by atoms with Gasteiger partial charge in [-0.05, 0) is 76.7 Å². The second kappa shape index (κ2) is 6.29. The molecule has 120 valence electrons. The second-order valence-electron chi connectivity index (χ2n) is 6.76. The molecule has 0 radical (unpaired) electrons. The van der Waals surface area contributed by atoms with Crippen molar-refractivity contribution in [3.8, 4) is 5.75 Å². The van der Waals surface area contributed by atoms with Gasteiger partial charge in [0.25, 0.3) is 5.91 Å². The van der Waals surface area contributed by atoms with E-state index in [1.54, 1.807) is 0 Å². The van der Waals surface area contributed by atoms with Crippen molar-refractivity contribution < 1.29 is 9.53 Å². The van der Waals surface area contributed by atoms with Crippen LogP contribution in [0, 0.1) is 5.92 Å². The van der Waals surface area contributed by atoms with Crippen LogP contribution in [-0.2, 0) is 11.2 Å². The summed E-state index contributed by atoms with van der Waals surface area (Å²) in [5.74, 6) is 1.63. The van der Waals surface area contributed by atoms with Gasteiger partial charge in [-0.2, -0.15) is 0 Å². The molecule has 2 aliphatic rings. The van der Waals surface area contributed by atoms with E-state index in [-0.39, 0.29) is 11.9 Å². The molecule has 22 heavy (non-hydrogen) atoms. The van der Waals surface area contributed by atoms with E-state index in [0.717, 1.165) is 36.9 Å². The molecule has 2 heterocycles. The van der Waals surface area contributed by atoms with Gasteiger partial charge >= 0.3 is 0 Å². The van der Waals surface area contributed by atoms with Crippen molar-refractivity contribution in [1.29, 1.82) is 0 Å². The van der Waals surface area contributed by atoms with Crippen LogP contribution in [0.15, 0.2) is 18.2 Å². The summed E-state index contributed by atoms with van der Waals surface area (Å²) in [6, 6.07) is 6.49. The molecule has 1 aromatic rings. The van der Waals surface area contributed by atoms with E-state index in [2.05, 4.69) is 31.3 Å². The first-order chi connectivity index (χ1) is 10.6. The Hall–Kier alpha value is -1.55. The highest BCUT2D eigenvalue weighted by molar-refractivity contribution is 6.00. The van der Waals surface area contributed by atoms with Crippen LogP contribution in [0.4, 0.5) is 5.69 Å². The molecule has 0 aliphatic carbocycles. The van der Waals surface area contributed by atoms with Gasteiger partial charge in [-0.1, -0.05) is 6.07 Å². The number of amides is 1. The molecule has 4 heteroatoms. The predicted molar refractivity (Wildman–Crippen MR) is 88.5 cm³/mol. The van der Waals surface area contributed by atoms with E-state index < -0.39 is 6.10 Å². The second-order valence-corrected chi connectivity index (χ2v) is 6.76. The number of hydrogen-bond donors (Lipinski definition) is 1. The summed E-state index contributed by atoms with van der Waals surface area (Å²) in [5.41, 5.74) is 2.24. The standard InChI is InChI=1S/C18H26N2O2/c1-12(2)20-16-11-15(10-14-6-8-19-9-7-14)4-5-17(16)22-13(3)18(20)21/h4-5,11-14,19H,6-10H2,1-3H3. The monoisotopic (exact) mass is 302 g/mol. The van der Waals surface area contributed by atoms with Crippen LogP contribution in [0.2, 0.25) is 0 Å². The Morgan fingerprint density at radius 1 is 1.32 bits per heavy atom. The Morgan fingerprint density at radius 3 is 2.73 bits per heavy atom.